The molecule has 6 heteroatoms. The molecule has 3 rings (SSSR count). The maximum Gasteiger partial charge on any atom is 0.331 e. The average Bonchev–Trinajstić information content (AvgIpc) is 3.07. The van der Waals surface area contributed by atoms with E-state index in [1.807, 2.05) is 60.9 Å². The minimum Gasteiger partial charge on any atom is -0.497 e. The highest BCUT2D eigenvalue weighted by molar-refractivity contribution is 6.00. The summed E-state index contributed by atoms with van der Waals surface area (Å²) in [6.07, 6.45) is 3.01. The third-order valence-corrected chi connectivity index (χ3v) is 5.22. The van der Waals surface area contributed by atoms with Crippen LogP contribution in [0.25, 0.3) is 16.8 Å². The van der Waals surface area contributed by atoms with E-state index in [9.17, 15) is 9.59 Å². The summed E-state index contributed by atoms with van der Waals surface area (Å²) in [5, 5.41) is 2.09. The number of benzene rings is 2. The molecule has 1 aromatic heterocycles. The van der Waals surface area contributed by atoms with Gasteiger partial charge in [-0.05, 0) is 60.5 Å². The molecule has 2 aromatic carbocycles. The molecule has 0 radical (unpaired) electrons. The van der Waals surface area contributed by atoms with Gasteiger partial charge in [0.15, 0.2) is 6.61 Å². The molecule has 0 saturated carbocycles. The van der Waals surface area contributed by atoms with Crippen molar-refractivity contribution in [2.45, 2.75) is 20.4 Å². The van der Waals surface area contributed by atoms with E-state index in [0.29, 0.717) is 18.7 Å². The van der Waals surface area contributed by atoms with Gasteiger partial charge < -0.3 is 18.8 Å². The first-order chi connectivity index (χ1) is 14.9. The number of rotatable bonds is 9. The Balaban J connectivity index is 1.60. The molecule has 0 atom stereocenters. The summed E-state index contributed by atoms with van der Waals surface area (Å²) in [5.41, 5.74) is 3.25. The number of esters is 1. The predicted molar refractivity (Wildman–Crippen MR) is 121 cm³/mol. The summed E-state index contributed by atoms with van der Waals surface area (Å²) in [6.45, 7) is 4.75. The molecule has 0 bridgehead atoms. The topological polar surface area (TPSA) is 66.8 Å². The fourth-order valence-electron chi connectivity index (χ4n) is 3.51. The Hall–Kier alpha value is -3.38. The monoisotopic (exact) mass is 421 g/mol. The van der Waals surface area contributed by atoms with E-state index in [4.69, 9.17) is 14.2 Å². The molecule has 0 fully saturated rings. The summed E-state index contributed by atoms with van der Waals surface area (Å²) < 4.78 is 17.5. The minimum atomic E-state index is -0.559. The number of Topliss-reactive ketones (excluding diaryl/α,β-unsaturated/α-hetero) is 1. The van der Waals surface area contributed by atoms with Crippen molar-refractivity contribution in [3.05, 3.63) is 71.1 Å². The second kappa shape index (κ2) is 10.1. The highest BCUT2D eigenvalue weighted by atomic mass is 16.5. The van der Waals surface area contributed by atoms with Crippen molar-refractivity contribution in [3.8, 4) is 5.75 Å². The highest BCUT2D eigenvalue weighted by Gasteiger charge is 2.16. The molecule has 0 aliphatic rings. The van der Waals surface area contributed by atoms with Crippen molar-refractivity contribution in [1.82, 2.24) is 4.57 Å². The lowest BCUT2D eigenvalue weighted by Crippen LogP contribution is -2.14. The van der Waals surface area contributed by atoms with Crippen molar-refractivity contribution in [1.29, 1.82) is 0 Å². The van der Waals surface area contributed by atoms with Gasteiger partial charge in [-0.25, -0.2) is 4.79 Å². The second-order valence-corrected chi connectivity index (χ2v) is 7.27. The fraction of sp³-hybridized carbons (Fsp3) is 0.280. The molecule has 0 unspecified atom stereocenters. The predicted octanol–water partition coefficient (Wildman–Crippen LogP) is 4.35. The van der Waals surface area contributed by atoms with Crippen molar-refractivity contribution in [3.63, 3.8) is 0 Å². The van der Waals surface area contributed by atoms with E-state index < -0.39 is 5.97 Å². The average molecular weight is 421 g/mol. The normalized spacial score (nSPS) is 11.2. The number of nitrogens with zero attached hydrogens (tertiary/aromatic N) is 1. The lowest BCUT2D eigenvalue weighted by molar-refractivity contribution is -0.136. The Morgan fingerprint density at radius 1 is 1.00 bits per heavy atom. The van der Waals surface area contributed by atoms with Crippen LogP contribution in [0.2, 0.25) is 0 Å². The van der Waals surface area contributed by atoms with Gasteiger partial charge in [0.25, 0.3) is 0 Å². The molecular weight excluding hydrogens is 394 g/mol. The summed E-state index contributed by atoms with van der Waals surface area (Å²) in [6, 6.07) is 13.5. The number of carbonyl (C=O) groups excluding carboxylic acids is 2. The van der Waals surface area contributed by atoms with Crippen LogP contribution < -0.4 is 4.74 Å². The molecule has 31 heavy (non-hydrogen) atoms. The number of hydrogen-bond donors (Lipinski definition) is 0. The summed E-state index contributed by atoms with van der Waals surface area (Å²) in [4.78, 5) is 24.6. The first-order valence-electron chi connectivity index (χ1n) is 10.0. The summed E-state index contributed by atoms with van der Waals surface area (Å²) in [5.74, 6) is 0.0121. The van der Waals surface area contributed by atoms with Gasteiger partial charge in [-0.3, -0.25) is 4.79 Å². The fourth-order valence-corrected chi connectivity index (χ4v) is 3.51. The number of aromatic nitrogens is 1. The first kappa shape index (κ1) is 22.3. The molecule has 0 aliphatic carbocycles. The van der Waals surface area contributed by atoms with E-state index in [1.54, 1.807) is 20.3 Å². The molecule has 0 spiro atoms. The SMILES string of the molecule is COCCn1c(C)cc(C(=O)COC(=O)/C=C/c2ccc3cc(OC)ccc3c2)c1C. The zero-order chi connectivity index (χ0) is 22.4. The number of hydrogen-bond acceptors (Lipinski definition) is 5. The Labute approximate surface area is 182 Å². The highest BCUT2D eigenvalue weighted by Crippen LogP contribution is 2.22. The van der Waals surface area contributed by atoms with Gasteiger partial charge in [-0.2, -0.15) is 0 Å². The maximum atomic E-state index is 12.5. The Bertz CT molecular complexity index is 1130. The largest absolute Gasteiger partial charge is 0.497 e. The lowest BCUT2D eigenvalue weighted by atomic mass is 10.1. The van der Waals surface area contributed by atoms with Crippen LogP contribution in [-0.4, -0.2) is 43.8 Å². The van der Waals surface area contributed by atoms with Crippen LogP contribution in [0.15, 0.2) is 48.5 Å². The number of methoxy groups -OCH3 is 2. The van der Waals surface area contributed by atoms with Crippen LogP contribution in [0.3, 0.4) is 0 Å². The van der Waals surface area contributed by atoms with Gasteiger partial charge >= 0.3 is 5.97 Å². The molecule has 162 valence electrons. The molecule has 6 nitrogen and oxygen atoms in total. The minimum absolute atomic E-state index is 0.224. The molecule has 0 amide bonds. The molecule has 0 N–H and O–H groups in total. The summed E-state index contributed by atoms with van der Waals surface area (Å²) >= 11 is 0. The van der Waals surface area contributed by atoms with E-state index in [0.717, 1.165) is 33.5 Å². The zero-order valence-corrected chi connectivity index (χ0v) is 18.3. The molecule has 0 saturated heterocycles. The van der Waals surface area contributed by atoms with Crippen LogP contribution >= 0.6 is 0 Å². The number of ether oxygens (including phenoxy) is 3. The van der Waals surface area contributed by atoms with Crippen LogP contribution in [0.4, 0.5) is 0 Å². The van der Waals surface area contributed by atoms with E-state index >= 15 is 0 Å². The Morgan fingerprint density at radius 3 is 2.48 bits per heavy atom. The van der Waals surface area contributed by atoms with Crippen molar-refractivity contribution >= 4 is 28.6 Å². The second-order valence-electron chi connectivity index (χ2n) is 7.27. The van der Waals surface area contributed by atoms with E-state index in [-0.39, 0.29) is 12.4 Å². The van der Waals surface area contributed by atoms with Crippen LogP contribution in [-0.2, 0) is 20.8 Å². The van der Waals surface area contributed by atoms with Crippen molar-refractivity contribution in [2.24, 2.45) is 0 Å². The van der Waals surface area contributed by atoms with Gasteiger partial charge in [-0.1, -0.05) is 18.2 Å². The van der Waals surface area contributed by atoms with Crippen LogP contribution in [0.1, 0.15) is 27.3 Å². The molecule has 3 aromatic rings. The number of ketones is 1. The third kappa shape index (κ3) is 5.41. The quantitative estimate of drug-likeness (QED) is 0.292. The first-order valence-corrected chi connectivity index (χ1v) is 10.0. The summed E-state index contributed by atoms with van der Waals surface area (Å²) in [7, 11) is 3.27. The Morgan fingerprint density at radius 2 is 1.74 bits per heavy atom. The zero-order valence-electron chi connectivity index (χ0n) is 18.3. The number of carbonyl (C=O) groups is 2. The van der Waals surface area contributed by atoms with Gasteiger partial charge in [0.05, 0.1) is 13.7 Å². The number of aryl methyl sites for hydroxylation is 1. The maximum absolute atomic E-state index is 12.5. The van der Waals surface area contributed by atoms with Crippen molar-refractivity contribution < 1.29 is 23.8 Å². The van der Waals surface area contributed by atoms with Crippen LogP contribution in [0, 0.1) is 13.8 Å². The van der Waals surface area contributed by atoms with Gasteiger partial charge in [0.1, 0.15) is 5.75 Å². The molecule has 0 aliphatic heterocycles. The smallest absolute Gasteiger partial charge is 0.331 e. The number of fused-ring (bicyclic) bond motifs is 1. The Kier molecular flexibility index (Phi) is 7.26. The third-order valence-electron chi connectivity index (χ3n) is 5.22. The van der Waals surface area contributed by atoms with Crippen LogP contribution in [0.5, 0.6) is 5.75 Å². The van der Waals surface area contributed by atoms with E-state index in [1.165, 1.54) is 6.08 Å². The van der Waals surface area contributed by atoms with Gasteiger partial charge in [-0.15, -0.1) is 0 Å². The lowest BCUT2D eigenvalue weighted by Gasteiger charge is -2.08. The van der Waals surface area contributed by atoms with Gasteiger partial charge in [0.2, 0.25) is 5.78 Å². The van der Waals surface area contributed by atoms with Crippen molar-refractivity contribution in [2.75, 3.05) is 27.4 Å². The van der Waals surface area contributed by atoms with E-state index in [2.05, 4.69) is 0 Å². The molecule has 1 heterocycles. The standard InChI is InChI=1S/C25H27NO5/c1-17-13-23(18(2)26(17)11-12-29-3)24(27)16-31-25(28)10-6-19-5-7-21-15-22(30-4)9-8-20(21)14-19/h5-10,13-15H,11-12,16H2,1-4H3/b10-6+. The molecular formula is C25H27NO5. The van der Waals surface area contributed by atoms with Gasteiger partial charge in [0, 0.05) is 36.7 Å².